The van der Waals surface area contributed by atoms with Gasteiger partial charge in [-0.25, -0.2) is 9.13 Å². The van der Waals surface area contributed by atoms with E-state index in [1.165, 1.54) is 122 Å². The SMILES string of the molecule is CCCCCCCCCCCCCCCC(=O)O[C@H](COC(=O)CCCCCCCCCCC(C)CC)COP(=O)(O)OC[C@@H](O)COP(=O)(O)OC[C@@H](COC(=O)CCCCCCCCC)OC(=O)CCCCCCCCCCC. The fourth-order valence-electron chi connectivity index (χ4n) is 9.20. The molecule has 0 saturated heterocycles. The average molecular weight is 1200 g/mol. The van der Waals surface area contributed by atoms with E-state index in [0.717, 1.165) is 109 Å². The van der Waals surface area contributed by atoms with Crippen LogP contribution < -0.4 is 0 Å². The monoisotopic (exact) mass is 1200 g/mol. The molecule has 0 aromatic rings. The number of phosphoric acid groups is 2. The molecule has 6 atom stereocenters. The van der Waals surface area contributed by atoms with E-state index in [2.05, 4.69) is 34.6 Å². The number of ether oxygens (including phenoxy) is 4. The van der Waals surface area contributed by atoms with Gasteiger partial charge in [0.05, 0.1) is 26.4 Å². The molecule has 0 aromatic heterocycles. The second kappa shape index (κ2) is 55.9. The van der Waals surface area contributed by atoms with Crippen molar-refractivity contribution in [3.63, 3.8) is 0 Å². The molecule has 19 heteroatoms. The van der Waals surface area contributed by atoms with Gasteiger partial charge in [-0.1, -0.05) is 259 Å². The molecule has 0 amide bonds. The summed E-state index contributed by atoms with van der Waals surface area (Å²) in [6, 6.07) is 0. The van der Waals surface area contributed by atoms with Crippen LogP contribution in [0.4, 0.5) is 0 Å². The van der Waals surface area contributed by atoms with Gasteiger partial charge < -0.3 is 33.8 Å². The predicted octanol–water partition coefficient (Wildman–Crippen LogP) is 17.0. The van der Waals surface area contributed by atoms with E-state index in [1.807, 2.05) is 0 Å². The predicted molar refractivity (Wildman–Crippen MR) is 322 cm³/mol. The Hall–Kier alpha value is -1.94. The van der Waals surface area contributed by atoms with E-state index < -0.39 is 97.5 Å². The third-order valence-corrected chi connectivity index (χ3v) is 16.5. The summed E-state index contributed by atoms with van der Waals surface area (Å²) >= 11 is 0. The van der Waals surface area contributed by atoms with Gasteiger partial charge >= 0.3 is 39.5 Å². The van der Waals surface area contributed by atoms with Crippen LogP contribution in [0.3, 0.4) is 0 Å². The lowest BCUT2D eigenvalue weighted by molar-refractivity contribution is -0.161. The summed E-state index contributed by atoms with van der Waals surface area (Å²) in [6.07, 6.45) is 38.9. The number of phosphoric ester groups is 2. The zero-order valence-electron chi connectivity index (χ0n) is 51.9. The third kappa shape index (κ3) is 55.7. The number of esters is 4. The molecule has 3 N–H and O–H groups in total. The van der Waals surface area contributed by atoms with E-state index in [4.69, 9.17) is 37.0 Å². The largest absolute Gasteiger partial charge is 0.472 e. The van der Waals surface area contributed by atoms with E-state index in [1.54, 1.807) is 0 Å². The molecule has 17 nitrogen and oxygen atoms in total. The highest BCUT2D eigenvalue weighted by molar-refractivity contribution is 7.47. The summed E-state index contributed by atoms with van der Waals surface area (Å²) in [5, 5.41) is 10.5. The van der Waals surface area contributed by atoms with Gasteiger partial charge in [0.1, 0.15) is 19.3 Å². The molecule has 0 aliphatic rings. The van der Waals surface area contributed by atoms with Crippen molar-refractivity contribution in [1.82, 2.24) is 0 Å². The van der Waals surface area contributed by atoms with Gasteiger partial charge in [-0.15, -0.1) is 0 Å². The van der Waals surface area contributed by atoms with Crippen LogP contribution >= 0.6 is 15.6 Å². The number of unbranched alkanes of at least 4 members (excludes halogenated alkanes) is 33. The first-order valence-corrected chi connectivity index (χ1v) is 35.7. The van der Waals surface area contributed by atoms with Crippen LogP contribution in [-0.2, 0) is 65.4 Å². The molecule has 0 radical (unpaired) electrons. The first-order chi connectivity index (χ1) is 39.1. The maximum absolute atomic E-state index is 13.0. The minimum absolute atomic E-state index is 0.105. The number of carbonyl (C=O) groups excluding carboxylic acids is 4. The lowest BCUT2D eigenvalue weighted by atomic mass is 9.99. The van der Waals surface area contributed by atoms with Crippen LogP contribution in [0, 0.1) is 5.92 Å². The van der Waals surface area contributed by atoms with Gasteiger partial charge in [-0.2, -0.15) is 0 Å². The highest BCUT2D eigenvalue weighted by atomic mass is 31.2. The maximum atomic E-state index is 13.0. The minimum Gasteiger partial charge on any atom is -0.462 e. The first-order valence-electron chi connectivity index (χ1n) is 32.7. The van der Waals surface area contributed by atoms with Crippen molar-refractivity contribution in [1.29, 1.82) is 0 Å². The van der Waals surface area contributed by atoms with Gasteiger partial charge in [0.15, 0.2) is 12.2 Å². The van der Waals surface area contributed by atoms with E-state index in [-0.39, 0.29) is 25.7 Å². The fourth-order valence-corrected chi connectivity index (χ4v) is 10.8. The van der Waals surface area contributed by atoms with Crippen molar-refractivity contribution >= 4 is 39.5 Å². The molecule has 0 rings (SSSR count). The third-order valence-electron chi connectivity index (χ3n) is 14.6. The molecule has 0 aliphatic heterocycles. The first kappa shape index (κ1) is 79.1. The summed E-state index contributed by atoms with van der Waals surface area (Å²) in [5.74, 6) is -1.36. The topological polar surface area (TPSA) is 237 Å². The van der Waals surface area contributed by atoms with Gasteiger partial charge in [0.25, 0.3) is 0 Å². The van der Waals surface area contributed by atoms with Gasteiger partial charge in [0, 0.05) is 25.7 Å². The second-order valence-corrected chi connectivity index (χ2v) is 25.6. The van der Waals surface area contributed by atoms with E-state index in [0.29, 0.717) is 25.7 Å². The Morgan fingerprint density at radius 1 is 0.346 bits per heavy atom. The summed E-state index contributed by atoms with van der Waals surface area (Å²) < 4.78 is 67.8. The van der Waals surface area contributed by atoms with Crippen LogP contribution in [0.1, 0.15) is 311 Å². The molecule has 0 heterocycles. The van der Waals surface area contributed by atoms with Crippen LogP contribution in [0.15, 0.2) is 0 Å². The molecule has 81 heavy (non-hydrogen) atoms. The van der Waals surface area contributed by atoms with Crippen LogP contribution in [-0.4, -0.2) is 96.7 Å². The van der Waals surface area contributed by atoms with Crippen LogP contribution in [0.25, 0.3) is 0 Å². The quantitative estimate of drug-likeness (QED) is 0.0222. The number of hydrogen-bond acceptors (Lipinski definition) is 15. The van der Waals surface area contributed by atoms with Crippen molar-refractivity contribution in [2.24, 2.45) is 5.92 Å². The molecular weight excluding hydrogens is 1080 g/mol. The Labute approximate surface area is 492 Å². The standard InChI is InChI=1S/C62H120O17P2/c1-6-10-13-16-19-21-22-23-24-26-33-38-43-48-62(67)79-58(52-73-60(65)46-41-36-31-28-27-30-34-39-44-55(5)9-4)54-77-81(70,71)75-50-56(63)49-74-80(68,69)76-53-57(51-72-59(64)45-40-35-29-18-15-12-8-3)78-61(66)47-42-37-32-25-20-17-14-11-7-2/h55-58,63H,6-54H2,1-5H3,(H,68,69)(H,70,71)/t55?,56-,57+,58+/m0/s1. The Bertz CT molecular complexity index is 1590. The van der Waals surface area contributed by atoms with Crippen molar-refractivity contribution < 1.29 is 80.2 Å². The summed E-state index contributed by atoms with van der Waals surface area (Å²) in [5.41, 5.74) is 0. The van der Waals surface area contributed by atoms with Gasteiger partial charge in [-0.3, -0.25) is 37.3 Å². The Morgan fingerprint density at radius 2 is 0.593 bits per heavy atom. The maximum Gasteiger partial charge on any atom is 0.472 e. The molecule has 0 aromatic carbocycles. The summed E-state index contributed by atoms with van der Waals surface area (Å²) in [4.78, 5) is 72.0. The number of rotatable bonds is 62. The van der Waals surface area contributed by atoms with Gasteiger partial charge in [-0.05, 0) is 31.6 Å². The lowest BCUT2D eigenvalue weighted by Gasteiger charge is -2.21. The number of aliphatic hydroxyl groups is 1. The average Bonchev–Trinajstić information content (AvgIpc) is 3.44. The molecule has 0 aliphatic carbocycles. The number of aliphatic hydroxyl groups excluding tert-OH is 1. The number of hydrogen-bond donors (Lipinski definition) is 3. The molecule has 0 saturated carbocycles. The summed E-state index contributed by atoms with van der Waals surface area (Å²) in [7, 11) is -9.88. The molecule has 0 bridgehead atoms. The smallest absolute Gasteiger partial charge is 0.462 e. The fraction of sp³-hybridized carbons (Fsp3) is 0.935. The number of carbonyl (C=O) groups is 4. The Kier molecular flexibility index (Phi) is 54.6. The lowest BCUT2D eigenvalue weighted by Crippen LogP contribution is -2.30. The van der Waals surface area contributed by atoms with E-state index >= 15 is 0 Å². The molecule has 480 valence electrons. The summed E-state index contributed by atoms with van der Waals surface area (Å²) in [6.45, 7) is 7.13. The highest BCUT2D eigenvalue weighted by Crippen LogP contribution is 2.45. The van der Waals surface area contributed by atoms with Crippen molar-refractivity contribution in [3.05, 3.63) is 0 Å². The highest BCUT2D eigenvalue weighted by Gasteiger charge is 2.30. The molecule has 0 fully saturated rings. The Balaban J connectivity index is 5.22. The van der Waals surface area contributed by atoms with Crippen molar-refractivity contribution in [3.8, 4) is 0 Å². The second-order valence-electron chi connectivity index (χ2n) is 22.7. The molecule has 0 spiro atoms. The zero-order valence-corrected chi connectivity index (χ0v) is 53.7. The molecular formula is C62H120O17P2. The van der Waals surface area contributed by atoms with E-state index in [9.17, 15) is 43.2 Å². The molecule has 3 unspecified atom stereocenters. The van der Waals surface area contributed by atoms with Gasteiger partial charge in [0.2, 0.25) is 0 Å². The Morgan fingerprint density at radius 3 is 0.877 bits per heavy atom. The van der Waals surface area contributed by atoms with Crippen LogP contribution in [0.2, 0.25) is 0 Å². The zero-order chi connectivity index (χ0) is 59.9. The normalized spacial score (nSPS) is 14.6. The van der Waals surface area contributed by atoms with Crippen LogP contribution in [0.5, 0.6) is 0 Å². The van der Waals surface area contributed by atoms with Crippen molar-refractivity contribution in [2.45, 2.75) is 329 Å². The minimum atomic E-state index is -4.94. The van der Waals surface area contributed by atoms with Crippen molar-refractivity contribution in [2.75, 3.05) is 39.6 Å².